The molecule has 1 atom stereocenters. The van der Waals surface area contributed by atoms with Crippen LogP contribution in [0, 0.1) is 0 Å². The molecule has 1 aromatic heterocycles. The Morgan fingerprint density at radius 3 is 2.47 bits per heavy atom. The summed E-state index contributed by atoms with van der Waals surface area (Å²) in [6.45, 7) is 4.23. The first-order valence-corrected chi connectivity index (χ1v) is 7.04. The minimum Gasteiger partial charge on any atom is -0.316 e. The number of benzene rings is 1. The molecular formula is C17H22N2. The molecule has 2 aromatic rings. The Morgan fingerprint density at radius 2 is 1.79 bits per heavy atom. The summed E-state index contributed by atoms with van der Waals surface area (Å²) in [5.41, 5.74) is 2.80. The van der Waals surface area contributed by atoms with E-state index in [1.807, 2.05) is 12.4 Å². The third kappa shape index (κ3) is 4.49. The molecule has 1 unspecified atom stereocenters. The molecule has 2 rings (SSSR count). The van der Waals surface area contributed by atoms with Crippen LogP contribution in [0.3, 0.4) is 0 Å². The largest absolute Gasteiger partial charge is 0.316 e. The van der Waals surface area contributed by atoms with Crippen LogP contribution in [0.1, 0.15) is 30.4 Å². The molecule has 1 N–H and O–H groups in total. The number of nitrogens with zero attached hydrogens (tertiary/aromatic N) is 1. The van der Waals surface area contributed by atoms with Gasteiger partial charge in [-0.05, 0) is 48.6 Å². The molecule has 0 spiro atoms. The van der Waals surface area contributed by atoms with Crippen molar-refractivity contribution in [3.8, 4) is 0 Å². The van der Waals surface area contributed by atoms with E-state index in [1.54, 1.807) is 0 Å². The SMILES string of the molecule is CCNCC(CCc1ccncc1)c1ccccc1. The number of pyridine rings is 1. The Balaban J connectivity index is 1.98. The first-order chi connectivity index (χ1) is 9.40. The van der Waals surface area contributed by atoms with Gasteiger partial charge in [0.05, 0.1) is 0 Å². The predicted octanol–water partition coefficient (Wildman–Crippen LogP) is 3.41. The van der Waals surface area contributed by atoms with Crippen LogP contribution < -0.4 is 5.32 Å². The third-order valence-electron chi connectivity index (χ3n) is 3.44. The highest BCUT2D eigenvalue weighted by Gasteiger charge is 2.10. The highest BCUT2D eigenvalue weighted by molar-refractivity contribution is 5.21. The van der Waals surface area contributed by atoms with Crippen molar-refractivity contribution in [2.24, 2.45) is 0 Å². The van der Waals surface area contributed by atoms with Crippen LogP contribution in [0.4, 0.5) is 0 Å². The van der Waals surface area contributed by atoms with Gasteiger partial charge < -0.3 is 5.32 Å². The second kappa shape index (κ2) is 7.70. The standard InChI is InChI=1S/C17H22N2/c1-2-18-14-17(16-6-4-3-5-7-16)9-8-15-10-12-19-13-11-15/h3-7,10-13,17-18H,2,8-9,14H2,1H3. The van der Waals surface area contributed by atoms with Crippen molar-refractivity contribution >= 4 is 0 Å². The van der Waals surface area contributed by atoms with E-state index in [4.69, 9.17) is 0 Å². The van der Waals surface area contributed by atoms with Crippen LogP contribution in [0.5, 0.6) is 0 Å². The molecule has 0 saturated heterocycles. The fraction of sp³-hybridized carbons (Fsp3) is 0.353. The number of aromatic nitrogens is 1. The van der Waals surface area contributed by atoms with E-state index < -0.39 is 0 Å². The molecule has 100 valence electrons. The molecule has 0 radical (unpaired) electrons. The van der Waals surface area contributed by atoms with E-state index in [-0.39, 0.29) is 0 Å². The lowest BCUT2D eigenvalue weighted by Crippen LogP contribution is -2.21. The van der Waals surface area contributed by atoms with Crippen molar-refractivity contribution in [2.45, 2.75) is 25.7 Å². The van der Waals surface area contributed by atoms with Crippen molar-refractivity contribution in [1.29, 1.82) is 0 Å². The lowest BCUT2D eigenvalue weighted by atomic mass is 9.92. The van der Waals surface area contributed by atoms with Crippen LogP contribution in [-0.2, 0) is 6.42 Å². The molecule has 0 fully saturated rings. The summed E-state index contributed by atoms with van der Waals surface area (Å²) in [6.07, 6.45) is 6.02. The molecule has 0 saturated carbocycles. The Hall–Kier alpha value is -1.67. The maximum Gasteiger partial charge on any atom is 0.0270 e. The molecule has 1 aromatic carbocycles. The van der Waals surface area contributed by atoms with Crippen LogP contribution >= 0.6 is 0 Å². The fourth-order valence-electron chi connectivity index (χ4n) is 2.32. The maximum absolute atomic E-state index is 4.07. The molecule has 0 aliphatic rings. The first-order valence-electron chi connectivity index (χ1n) is 7.04. The molecule has 19 heavy (non-hydrogen) atoms. The van der Waals surface area contributed by atoms with Gasteiger partial charge in [0.1, 0.15) is 0 Å². The second-order valence-electron chi connectivity index (χ2n) is 4.81. The van der Waals surface area contributed by atoms with E-state index in [9.17, 15) is 0 Å². The van der Waals surface area contributed by atoms with Crippen LogP contribution in [-0.4, -0.2) is 18.1 Å². The van der Waals surface area contributed by atoms with Gasteiger partial charge in [-0.25, -0.2) is 0 Å². The van der Waals surface area contributed by atoms with Gasteiger partial charge in [-0.1, -0.05) is 37.3 Å². The van der Waals surface area contributed by atoms with Crippen molar-refractivity contribution < 1.29 is 0 Å². The zero-order valence-corrected chi connectivity index (χ0v) is 11.5. The highest BCUT2D eigenvalue weighted by Crippen LogP contribution is 2.20. The van der Waals surface area contributed by atoms with Crippen molar-refractivity contribution in [3.63, 3.8) is 0 Å². The van der Waals surface area contributed by atoms with Crippen molar-refractivity contribution in [1.82, 2.24) is 10.3 Å². The Bertz CT molecular complexity index is 453. The van der Waals surface area contributed by atoms with Crippen LogP contribution in [0.15, 0.2) is 54.9 Å². The van der Waals surface area contributed by atoms with Gasteiger partial charge in [-0.2, -0.15) is 0 Å². The molecule has 2 nitrogen and oxygen atoms in total. The molecule has 0 bridgehead atoms. The van der Waals surface area contributed by atoms with E-state index >= 15 is 0 Å². The second-order valence-corrected chi connectivity index (χ2v) is 4.81. The highest BCUT2D eigenvalue weighted by atomic mass is 14.8. The average molecular weight is 254 g/mol. The zero-order valence-electron chi connectivity index (χ0n) is 11.5. The topological polar surface area (TPSA) is 24.9 Å². The van der Waals surface area contributed by atoms with Gasteiger partial charge in [0.2, 0.25) is 0 Å². The summed E-state index contributed by atoms with van der Waals surface area (Å²) in [5, 5.41) is 3.47. The fourth-order valence-corrected chi connectivity index (χ4v) is 2.32. The summed E-state index contributed by atoms with van der Waals surface area (Å²) in [5.74, 6) is 0.578. The van der Waals surface area contributed by atoms with Crippen molar-refractivity contribution in [2.75, 3.05) is 13.1 Å². The lowest BCUT2D eigenvalue weighted by Gasteiger charge is -2.17. The number of hydrogen-bond donors (Lipinski definition) is 1. The number of nitrogens with one attached hydrogen (secondary N) is 1. The van der Waals surface area contributed by atoms with Gasteiger partial charge in [-0.15, -0.1) is 0 Å². The van der Waals surface area contributed by atoms with E-state index in [0.29, 0.717) is 5.92 Å². The van der Waals surface area contributed by atoms with Gasteiger partial charge in [0.15, 0.2) is 0 Å². The van der Waals surface area contributed by atoms with Crippen LogP contribution in [0.25, 0.3) is 0 Å². The monoisotopic (exact) mass is 254 g/mol. The van der Waals surface area contributed by atoms with Crippen LogP contribution in [0.2, 0.25) is 0 Å². The third-order valence-corrected chi connectivity index (χ3v) is 3.44. The van der Waals surface area contributed by atoms with Crippen molar-refractivity contribution in [3.05, 3.63) is 66.0 Å². The molecule has 0 aliphatic carbocycles. The number of hydrogen-bond acceptors (Lipinski definition) is 2. The summed E-state index contributed by atoms with van der Waals surface area (Å²) >= 11 is 0. The normalized spacial score (nSPS) is 12.3. The maximum atomic E-state index is 4.07. The molecule has 2 heteroatoms. The molecular weight excluding hydrogens is 232 g/mol. The number of likely N-dealkylation sites (N-methyl/N-ethyl adjacent to an activating group) is 1. The van der Waals surface area contributed by atoms with Gasteiger partial charge >= 0.3 is 0 Å². The van der Waals surface area contributed by atoms with E-state index in [2.05, 4.69) is 59.7 Å². The zero-order chi connectivity index (χ0) is 13.3. The first kappa shape index (κ1) is 13.8. The Kier molecular flexibility index (Phi) is 5.57. The minimum atomic E-state index is 0.578. The Labute approximate surface area is 115 Å². The smallest absolute Gasteiger partial charge is 0.0270 e. The summed E-state index contributed by atoms with van der Waals surface area (Å²) in [6, 6.07) is 15.0. The number of aryl methyl sites for hydroxylation is 1. The quantitative estimate of drug-likeness (QED) is 0.819. The Morgan fingerprint density at radius 1 is 1.05 bits per heavy atom. The average Bonchev–Trinajstić information content (AvgIpc) is 2.49. The van der Waals surface area contributed by atoms with E-state index in [0.717, 1.165) is 19.5 Å². The molecule has 1 heterocycles. The van der Waals surface area contributed by atoms with E-state index in [1.165, 1.54) is 17.5 Å². The summed E-state index contributed by atoms with van der Waals surface area (Å²) < 4.78 is 0. The lowest BCUT2D eigenvalue weighted by molar-refractivity contribution is 0.561. The molecule has 0 amide bonds. The summed E-state index contributed by atoms with van der Waals surface area (Å²) in [4.78, 5) is 4.07. The number of rotatable bonds is 7. The van der Waals surface area contributed by atoms with Gasteiger partial charge in [0.25, 0.3) is 0 Å². The summed E-state index contributed by atoms with van der Waals surface area (Å²) in [7, 11) is 0. The minimum absolute atomic E-state index is 0.578. The van der Waals surface area contributed by atoms with Gasteiger partial charge in [0, 0.05) is 18.9 Å². The van der Waals surface area contributed by atoms with Gasteiger partial charge in [-0.3, -0.25) is 4.98 Å². The predicted molar refractivity (Wildman–Crippen MR) is 80.3 cm³/mol. The molecule has 0 aliphatic heterocycles.